The van der Waals surface area contributed by atoms with E-state index in [0.29, 0.717) is 28.1 Å². The first kappa shape index (κ1) is 21.7. The molecule has 10 heteroatoms. The highest BCUT2D eigenvalue weighted by Crippen LogP contribution is 2.26. The van der Waals surface area contributed by atoms with Gasteiger partial charge in [-0.05, 0) is 60.1 Å². The van der Waals surface area contributed by atoms with E-state index in [-0.39, 0.29) is 17.5 Å². The molecule has 0 bridgehead atoms. The lowest BCUT2D eigenvalue weighted by molar-refractivity contribution is -0.141. The number of nitrogens with one attached hydrogen (secondary N) is 1. The summed E-state index contributed by atoms with van der Waals surface area (Å²) in [5.41, 5.74) is 1.05. The number of nitrogens with zero attached hydrogens (tertiary/aromatic N) is 3. The van der Waals surface area contributed by atoms with E-state index in [9.17, 15) is 14.4 Å². The van der Waals surface area contributed by atoms with Gasteiger partial charge in [0.25, 0.3) is 5.56 Å². The first-order valence-corrected chi connectivity index (χ1v) is 11.1. The molecule has 0 aromatic heterocycles. The molecule has 0 aliphatic carbocycles. The maximum atomic E-state index is 12.2. The summed E-state index contributed by atoms with van der Waals surface area (Å²) in [5.74, 6) is 0.0631. The molecule has 0 radical (unpaired) electrons. The fourth-order valence-electron chi connectivity index (χ4n) is 3.17. The quantitative estimate of drug-likeness (QED) is 0.157. The highest BCUT2D eigenvalue weighted by atomic mass is 127. The lowest BCUT2D eigenvalue weighted by atomic mass is 10.1. The second-order valence-corrected chi connectivity index (χ2v) is 7.72. The Hall–Kier alpha value is -2.01. The number of H-pyrrole nitrogens is 1. The number of fused-ring (bicyclic) bond motifs is 2. The number of alkyl halides is 1. The molecule has 0 saturated heterocycles. The fraction of sp³-hybridized carbons (Fsp3) is 0.421. The zero-order valence-electron chi connectivity index (χ0n) is 15.8. The van der Waals surface area contributed by atoms with Crippen molar-refractivity contribution in [2.45, 2.75) is 45.6 Å². The second kappa shape index (κ2) is 9.66. The lowest BCUT2D eigenvalue weighted by Gasteiger charge is -2.17. The number of hydrogen-bond donors (Lipinski definition) is 1. The summed E-state index contributed by atoms with van der Waals surface area (Å²) in [7, 11) is 0. The lowest BCUT2D eigenvalue weighted by Crippen LogP contribution is -2.29. The number of hydrogen-bond acceptors (Lipinski definition) is 6. The van der Waals surface area contributed by atoms with E-state index in [0.717, 1.165) is 36.8 Å². The summed E-state index contributed by atoms with van der Waals surface area (Å²) in [6.45, 7) is 2.41. The minimum atomic E-state index is -0.704. The van der Waals surface area contributed by atoms with E-state index >= 15 is 0 Å². The summed E-state index contributed by atoms with van der Waals surface area (Å²) in [6.07, 6.45) is 3.70. The van der Waals surface area contributed by atoms with E-state index in [1.165, 1.54) is 0 Å². The highest BCUT2D eigenvalue weighted by molar-refractivity contribution is 14.1. The number of aromatic amines is 1. The number of benzene rings is 1. The van der Waals surface area contributed by atoms with Gasteiger partial charge in [0.05, 0.1) is 11.0 Å². The number of unbranched alkanes of at least 4 members (excludes halogenated alkanes) is 3. The van der Waals surface area contributed by atoms with E-state index in [1.807, 2.05) is 40.1 Å². The Morgan fingerprint density at radius 3 is 2.72 bits per heavy atom. The van der Waals surface area contributed by atoms with E-state index in [4.69, 9.17) is 16.3 Å². The molecule has 0 fully saturated rings. The van der Waals surface area contributed by atoms with Crippen LogP contribution < -0.4 is 11.2 Å². The van der Waals surface area contributed by atoms with Gasteiger partial charge in [0.2, 0.25) is 0 Å². The Bertz CT molecular complexity index is 1130. The Morgan fingerprint density at radius 1 is 1.21 bits per heavy atom. The van der Waals surface area contributed by atoms with Crippen LogP contribution in [-0.2, 0) is 16.1 Å². The van der Waals surface area contributed by atoms with E-state index in [2.05, 4.69) is 15.0 Å². The third-order valence-electron chi connectivity index (χ3n) is 4.62. The molecule has 1 aromatic carbocycles. The average molecular weight is 531 g/mol. The number of carbonyl (C=O) groups excluding carboxylic acids is 1. The molecule has 0 spiro atoms. The van der Waals surface area contributed by atoms with Crippen LogP contribution in [0.5, 0.6) is 0 Å². The Kier molecular flexibility index (Phi) is 7.23. The standard InChI is InChI=1S/C19H20ClIN4O4/c1-11-8-13-14(9-12(11)20)25(7-5-3-2-4-6-15(26)29-10-21)17-16(22-13)18(27)24-19(28)23-17/h8-9H,2-7,10H2,1H3,(H,24,27,28). The fourth-order valence-corrected chi connectivity index (χ4v) is 3.68. The van der Waals surface area contributed by atoms with Crippen LogP contribution in [0.25, 0.3) is 22.6 Å². The van der Waals surface area contributed by atoms with E-state index < -0.39 is 11.2 Å². The van der Waals surface area contributed by atoms with Gasteiger partial charge >= 0.3 is 11.7 Å². The highest BCUT2D eigenvalue weighted by Gasteiger charge is 2.19. The summed E-state index contributed by atoms with van der Waals surface area (Å²) in [4.78, 5) is 45.9. The van der Waals surface area contributed by atoms with Crippen molar-refractivity contribution in [2.24, 2.45) is 0 Å². The zero-order chi connectivity index (χ0) is 21.0. The molecule has 2 heterocycles. The average Bonchev–Trinajstić information content (AvgIpc) is 2.66. The molecule has 0 unspecified atom stereocenters. The third kappa shape index (κ3) is 5.13. The van der Waals surface area contributed by atoms with Crippen molar-refractivity contribution in [1.82, 2.24) is 19.5 Å². The van der Waals surface area contributed by atoms with Gasteiger partial charge in [-0.15, -0.1) is 0 Å². The van der Waals surface area contributed by atoms with Crippen LogP contribution in [0.2, 0.25) is 5.02 Å². The monoisotopic (exact) mass is 530 g/mol. The van der Waals surface area contributed by atoms with Crippen LogP contribution in [0.3, 0.4) is 0 Å². The number of halogens is 2. The molecule has 0 atom stereocenters. The summed E-state index contributed by atoms with van der Waals surface area (Å²) >= 11 is 8.29. The molecule has 0 amide bonds. The van der Waals surface area contributed by atoms with Crippen LogP contribution in [0.15, 0.2) is 21.7 Å². The largest absolute Gasteiger partial charge is 0.455 e. The first-order valence-electron chi connectivity index (χ1n) is 9.23. The molecule has 2 aliphatic heterocycles. The van der Waals surface area contributed by atoms with Crippen LogP contribution in [0.4, 0.5) is 0 Å². The predicted octanol–water partition coefficient (Wildman–Crippen LogP) is 3.43. The molecule has 1 N–H and O–H groups in total. The van der Waals surface area contributed by atoms with Crippen LogP contribution in [-0.4, -0.2) is 30.1 Å². The smallest absolute Gasteiger partial charge is 0.349 e. The van der Waals surface area contributed by atoms with Gasteiger partial charge in [0, 0.05) is 18.0 Å². The van der Waals surface area contributed by atoms with Crippen molar-refractivity contribution < 1.29 is 9.53 Å². The molecule has 3 rings (SSSR count). The number of aryl methyl sites for hydroxylation is 2. The summed E-state index contributed by atoms with van der Waals surface area (Å²) in [5, 5.41) is 0.577. The number of carbonyl (C=O) groups is 1. The second-order valence-electron chi connectivity index (χ2n) is 6.69. The van der Waals surface area contributed by atoms with Gasteiger partial charge in [-0.25, -0.2) is 9.78 Å². The maximum Gasteiger partial charge on any atom is 0.349 e. The number of esters is 1. The topological polar surface area (TPSA) is 107 Å². The molecule has 8 nitrogen and oxygen atoms in total. The van der Waals surface area contributed by atoms with Gasteiger partial charge in [0.1, 0.15) is 4.61 Å². The minimum absolute atomic E-state index is 0.125. The third-order valence-corrected chi connectivity index (χ3v) is 5.34. The zero-order valence-corrected chi connectivity index (χ0v) is 18.7. The Labute approximate surface area is 185 Å². The van der Waals surface area contributed by atoms with Crippen molar-refractivity contribution in [3.8, 4) is 11.5 Å². The molecule has 2 aliphatic rings. The molecule has 154 valence electrons. The molecule has 29 heavy (non-hydrogen) atoms. The molecule has 0 saturated carbocycles. The van der Waals surface area contributed by atoms with Gasteiger partial charge in [-0.3, -0.25) is 14.6 Å². The molecular formula is C19H20ClIN4O4. The van der Waals surface area contributed by atoms with Crippen molar-refractivity contribution in [3.05, 3.63) is 43.6 Å². The number of aromatic nitrogens is 4. The van der Waals surface area contributed by atoms with Crippen molar-refractivity contribution in [1.29, 1.82) is 0 Å². The molecule has 1 aromatic rings. The van der Waals surface area contributed by atoms with Crippen molar-refractivity contribution in [3.63, 3.8) is 0 Å². The maximum absolute atomic E-state index is 12.2. The van der Waals surface area contributed by atoms with Gasteiger partial charge < -0.3 is 9.30 Å². The Morgan fingerprint density at radius 2 is 1.97 bits per heavy atom. The van der Waals surface area contributed by atoms with E-state index in [1.54, 1.807) is 6.07 Å². The van der Waals surface area contributed by atoms with Crippen molar-refractivity contribution >= 4 is 51.2 Å². The van der Waals surface area contributed by atoms with Crippen LogP contribution in [0.1, 0.15) is 37.7 Å². The van der Waals surface area contributed by atoms with Gasteiger partial charge in [0.15, 0.2) is 11.5 Å². The SMILES string of the molecule is Cc1cc2nc3c(=O)[nH]c(=O)nc-3n(CCCCCCC(=O)OCI)c2cc1Cl. The normalized spacial score (nSPS) is 11.3. The number of ether oxygens (including phenoxy) is 1. The van der Waals surface area contributed by atoms with Crippen LogP contribution in [0, 0.1) is 6.92 Å². The van der Waals surface area contributed by atoms with Crippen molar-refractivity contribution in [2.75, 3.05) is 4.61 Å². The predicted molar refractivity (Wildman–Crippen MR) is 119 cm³/mol. The van der Waals surface area contributed by atoms with Gasteiger partial charge in [-0.1, -0.05) is 24.4 Å². The first-order chi connectivity index (χ1) is 13.9. The summed E-state index contributed by atoms with van der Waals surface area (Å²) < 4.78 is 7.10. The van der Waals surface area contributed by atoms with Gasteiger partial charge in [-0.2, -0.15) is 4.98 Å². The Balaban J connectivity index is 1.85. The number of rotatable bonds is 8. The summed E-state index contributed by atoms with van der Waals surface area (Å²) in [6, 6.07) is 3.60. The van der Waals surface area contributed by atoms with Crippen LogP contribution >= 0.6 is 34.2 Å². The minimum Gasteiger partial charge on any atom is -0.455 e. The molecular weight excluding hydrogens is 511 g/mol.